The summed E-state index contributed by atoms with van der Waals surface area (Å²) in [4.78, 5) is 0. The third-order valence-corrected chi connectivity index (χ3v) is 4.16. The van der Waals surface area contributed by atoms with Gasteiger partial charge >= 0.3 is 0 Å². The molecule has 0 aliphatic heterocycles. The van der Waals surface area contributed by atoms with Gasteiger partial charge in [-0.3, -0.25) is 0 Å². The highest BCUT2D eigenvalue weighted by molar-refractivity contribution is 5.28. The van der Waals surface area contributed by atoms with Gasteiger partial charge in [0.05, 0.1) is 0 Å². The van der Waals surface area contributed by atoms with Gasteiger partial charge in [0, 0.05) is 18.2 Å². The molecule has 0 bridgehead atoms. The molecule has 25 heavy (non-hydrogen) atoms. The fraction of sp³-hybridized carbons (Fsp3) is 0.182. The van der Waals surface area contributed by atoms with E-state index in [1.165, 1.54) is 6.07 Å². The second kappa shape index (κ2) is 8.45. The zero-order valence-electron chi connectivity index (χ0n) is 14.3. The van der Waals surface area contributed by atoms with Crippen molar-refractivity contribution in [2.24, 2.45) is 0 Å². The Bertz CT molecular complexity index is 787. The summed E-state index contributed by atoms with van der Waals surface area (Å²) in [6.45, 7) is 3.20. The van der Waals surface area contributed by atoms with Crippen LogP contribution in [-0.2, 0) is 13.2 Å². The lowest BCUT2D eigenvalue weighted by Crippen LogP contribution is -2.19. The molecule has 1 N–H and O–H groups in total. The summed E-state index contributed by atoms with van der Waals surface area (Å²) in [7, 11) is 0. The number of hydrogen-bond acceptors (Lipinski definition) is 2. The Labute approximate surface area is 148 Å². The normalized spacial score (nSPS) is 11.9. The number of hydrogen-bond donors (Lipinski definition) is 1. The van der Waals surface area contributed by atoms with Gasteiger partial charge in [0.25, 0.3) is 0 Å². The standard InChI is InChI=1S/C22H22FNO/c1-17(21-9-5-6-10-22(21)23)24-15-18-11-13-20(14-12-18)25-16-19-7-3-2-4-8-19/h2-14,17,24H,15-16H2,1H3. The van der Waals surface area contributed by atoms with Gasteiger partial charge in [0.1, 0.15) is 18.2 Å². The molecule has 1 unspecified atom stereocenters. The van der Waals surface area contributed by atoms with E-state index in [-0.39, 0.29) is 11.9 Å². The Morgan fingerprint density at radius 3 is 2.24 bits per heavy atom. The molecule has 3 heteroatoms. The van der Waals surface area contributed by atoms with Crippen LogP contribution in [0.25, 0.3) is 0 Å². The van der Waals surface area contributed by atoms with Crippen molar-refractivity contribution in [3.63, 3.8) is 0 Å². The van der Waals surface area contributed by atoms with E-state index in [2.05, 4.69) is 5.32 Å². The molecule has 3 aromatic carbocycles. The number of ether oxygens (including phenoxy) is 1. The number of benzene rings is 3. The highest BCUT2D eigenvalue weighted by Gasteiger charge is 2.09. The van der Waals surface area contributed by atoms with Crippen molar-refractivity contribution in [1.82, 2.24) is 5.32 Å². The molecule has 128 valence electrons. The maximum atomic E-state index is 13.8. The van der Waals surface area contributed by atoms with E-state index < -0.39 is 0 Å². The summed E-state index contributed by atoms with van der Waals surface area (Å²) in [5.41, 5.74) is 2.97. The molecule has 0 saturated heterocycles. The van der Waals surface area contributed by atoms with Crippen LogP contribution >= 0.6 is 0 Å². The average Bonchev–Trinajstić information content (AvgIpc) is 2.66. The molecule has 1 atom stereocenters. The van der Waals surface area contributed by atoms with Crippen molar-refractivity contribution in [3.8, 4) is 5.75 Å². The summed E-state index contributed by atoms with van der Waals surface area (Å²) in [6, 6.07) is 24.9. The fourth-order valence-corrected chi connectivity index (χ4v) is 2.65. The molecule has 0 amide bonds. The number of nitrogens with one attached hydrogen (secondary N) is 1. The van der Waals surface area contributed by atoms with Crippen molar-refractivity contribution < 1.29 is 9.13 Å². The van der Waals surface area contributed by atoms with E-state index in [9.17, 15) is 4.39 Å². The Morgan fingerprint density at radius 1 is 0.840 bits per heavy atom. The van der Waals surface area contributed by atoms with Crippen LogP contribution in [0.2, 0.25) is 0 Å². The molecule has 0 aliphatic rings. The van der Waals surface area contributed by atoms with Gasteiger partial charge in [-0.15, -0.1) is 0 Å². The molecule has 0 aliphatic carbocycles. The third-order valence-electron chi connectivity index (χ3n) is 4.16. The Hall–Kier alpha value is -2.65. The number of rotatable bonds is 7. The summed E-state index contributed by atoms with van der Waals surface area (Å²) in [6.07, 6.45) is 0. The van der Waals surface area contributed by atoms with Gasteiger partial charge in [-0.25, -0.2) is 4.39 Å². The topological polar surface area (TPSA) is 21.3 Å². The van der Waals surface area contributed by atoms with E-state index in [1.54, 1.807) is 6.07 Å². The fourth-order valence-electron chi connectivity index (χ4n) is 2.65. The summed E-state index contributed by atoms with van der Waals surface area (Å²) in [5, 5.41) is 3.35. The van der Waals surface area contributed by atoms with Crippen LogP contribution in [0.4, 0.5) is 4.39 Å². The van der Waals surface area contributed by atoms with Gasteiger partial charge in [0.15, 0.2) is 0 Å². The molecule has 3 aromatic rings. The maximum Gasteiger partial charge on any atom is 0.127 e. The van der Waals surface area contributed by atoms with Crippen molar-refractivity contribution in [3.05, 3.63) is 101 Å². The Morgan fingerprint density at radius 2 is 1.52 bits per heavy atom. The van der Waals surface area contributed by atoms with E-state index in [0.29, 0.717) is 18.7 Å². The summed E-state index contributed by atoms with van der Waals surface area (Å²) < 4.78 is 19.6. The largest absolute Gasteiger partial charge is 0.489 e. The minimum atomic E-state index is -0.174. The minimum absolute atomic E-state index is 0.0461. The molecule has 3 rings (SSSR count). The van der Waals surface area contributed by atoms with Crippen LogP contribution in [0.15, 0.2) is 78.9 Å². The van der Waals surface area contributed by atoms with Crippen LogP contribution in [0.3, 0.4) is 0 Å². The van der Waals surface area contributed by atoms with Crippen LogP contribution in [0.1, 0.15) is 29.7 Å². The monoisotopic (exact) mass is 335 g/mol. The van der Waals surface area contributed by atoms with Crippen LogP contribution in [0, 0.1) is 5.82 Å². The molecule has 2 nitrogen and oxygen atoms in total. The van der Waals surface area contributed by atoms with Gasteiger partial charge in [0.2, 0.25) is 0 Å². The summed E-state index contributed by atoms with van der Waals surface area (Å²) in [5.74, 6) is 0.668. The van der Waals surface area contributed by atoms with Gasteiger partial charge in [-0.1, -0.05) is 60.7 Å². The first-order valence-electron chi connectivity index (χ1n) is 8.46. The quantitative estimate of drug-likeness (QED) is 0.636. The lowest BCUT2D eigenvalue weighted by atomic mass is 10.1. The zero-order valence-corrected chi connectivity index (χ0v) is 14.3. The smallest absolute Gasteiger partial charge is 0.127 e. The predicted molar refractivity (Wildman–Crippen MR) is 98.9 cm³/mol. The maximum absolute atomic E-state index is 13.8. The average molecular weight is 335 g/mol. The predicted octanol–water partition coefficient (Wildman–Crippen LogP) is 5.26. The highest BCUT2D eigenvalue weighted by atomic mass is 19.1. The minimum Gasteiger partial charge on any atom is -0.489 e. The number of halogens is 1. The van der Waals surface area contributed by atoms with E-state index in [0.717, 1.165) is 16.9 Å². The first kappa shape index (κ1) is 17.2. The SMILES string of the molecule is CC(NCc1ccc(OCc2ccccc2)cc1)c1ccccc1F. The van der Waals surface area contributed by atoms with Crippen molar-refractivity contribution in [2.75, 3.05) is 0 Å². The lowest BCUT2D eigenvalue weighted by Gasteiger charge is -2.15. The molecule has 0 fully saturated rings. The molecule has 0 heterocycles. The second-order valence-electron chi connectivity index (χ2n) is 6.04. The summed E-state index contributed by atoms with van der Waals surface area (Å²) >= 11 is 0. The lowest BCUT2D eigenvalue weighted by molar-refractivity contribution is 0.306. The first-order chi connectivity index (χ1) is 12.2. The van der Waals surface area contributed by atoms with Gasteiger partial charge in [-0.05, 0) is 36.2 Å². The van der Waals surface area contributed by atoms with Crippen molar-refractivity contribution in [2.45, 2.75) is 26.1 Å². The van der Waals surface area contributed by atoms with E-state index in [1.807, 2.05) is 73.7 Å². The first-order valence-corrected chi connectivity index (χ1v) is 8.46. The van der Waals surface area contributed by atoms with Crippen LogP contribution in [0.5, 0.6) is 5.75 Å². The van der Waals surface area contributed by atoms with E-state index >= 15 is 0 Å². The van der Waals surface area contributed by atoms with E-state index in [4.69, 9.17) is 4.74 Å². The highest BCUT2D eigenvalue weighted by Crippen LogP contribution is 2.18. The molecule has 0 spiro atoms. The third kappa shape index (κ3) is 4.91. The Balaban J connectivity index is 1.51. The van der Waals surface area contributed by atoms with Crippen LogP contribution < -0.4 is 10.1 Å². The van der Waals surface area contributed by atoms with Gasteiger partial charge < -0.3 is 10.1 Å². The zero-order chi connectivity index (χ0) is 17.5. The van der Waals surface area contributed by atoms with Crippen molar-refractivity contribution >= 4 is 0 Å². The molecular formula is C22H22FNO. The van der Waals surface area contributed by atoms with Gasteiger partial charge in [-0.2, -0.15) is 0 Å². The molecule has 0 radical (unpaired) electrons. The van der Waals surface area contributed by atoms with Crippen LogP contribution in [-0.4, -0.2) is 0 Å². The molecule has 0 aromatic heterocycles. The second-order valence-corrected chi connectivity index (χ2v) is 6.04. The van der Waals surface area contributed by atoms with Crippen molar-refractivity contribution in [1.29, 1.82) is 0 Å². The Kier molecular flexibility index (Phi) is 5.81. The molecule has 0 saturated carbocycles. The molecular weight excluding hydrogens is 313 g/mol.